The third kappa shape index (κ3) is 3.49. The van der Waals surface area contributed by atoms with E-state index in [4.69, 9.17) is 16.1 Å². The maximum atomic E-state index is 12.1. The van der Waals surface area contributed by atoms with Crippen molar-refractivity contribution in [1.82, 2.24) is 15.6 Å². The summed E-state index contributed by atoms with van der Waals surface area (Å²) in [5.41, 5.74) is 8.98. The Labute approximate surface area is 144 Å². The summed E-state index contributed by atoms with van der Waals surface area (Å²) in [5, 5.41) is 5.39. The van der Waals surface area contributed by atoms with E-state index >= 15 is 0 Å². The number of nitrogens with one attached hydrogen (secondary N) is 2. The first-order chi connectivity index (χ1) is 11.5. The van der Waals surface area contributed by atoms with E-state index in [0.29, 0.717) is 17.9 Å². The lowest BCUT2D eigenvalue weighted by Gasteiger charge is -2.11. The Morgan fingerprint density at radius 2 is 2.12 bits per heavy atom. The quantitative estimate of drug-likeness (QED) is 0.692. The zero-order chi connectivity index (χ0) is 17.1. The van der Waals surface area contributed by atoms with Crippen molar-refractivity contribution in [3.8, 4) is 0 Å². The summed E-state index contributed by atoms with van der Waals surface area (Å²) in [7, 11) is 0. The molecule has 0 saturated carbocycles. The van der Waals surface area contributed by atoms with Gasteiger partial charge < -0.3 is 4.52 Å². The molecule has 0 bridgehead atoms. The number of benzene rings is 1. The summed E-state index contributed by atoms with van der Waals surface area (Å²) >= 11 is 5.97. The van der Waals surface area contributed by atoms with Gasteiger partial charge in [-0.15, -0.1) is 0 Å². The van der Waals surface area contributed by atoms with Gasteiger partial charge in [-0.1, -0.05) is 16.8 Å². The van der Waals surface area contributed by atoms with Crippen LogP contribution in [-0.4, -0.2) is 16.0 Å². The largest absolute Gasteiger partial charge is 0.361 e. The van der Waals surface area contributed by atoms with Gasteiger partial charge in [-0.05, 0) is 44.5 Å². The molecule has 3 aromatic rings. The number of carbonyl (C=O) groups excluding carboxylic acids is 1. The summed E-state index contributed by atoms with van der Waals surface area (Å²) in [6.07, 6.45) is 2.59. The van der Waals surface area contributed by atoms with Crippen molar-refractivity contribution in [2.24, 2.45) is 0 Å². The summed E-state index contributed by atoms with van der Waals surface area (Å²) in [5.74, 6) is 0.638. The number of fused-ring (bicyclic) bond motifs is 1. The highest BCUT2D eigenvalue weighted by Crippen LogP contribution is 2.23. The number of anilines is 1. The number of pyridine rings is 1. The molecule has 2 aromatic heterocycles. The van der Waals surface area contributed by atoms with Crippen LogP contribution >= 0.6 is 11.6 Å². The van der Waals surface area contributed by atoms with Crippen LogP contribution in [0.2, 0.25) is 5.02 Å². The molecule has 1 aromatic carbocycles. The topological polar surface area (TPSA) is 80.0 Å². The summed E-state index contributed by atoms with van der Waals surface area (Å²) in [4.78, 5) is 16.3. The number of aromatic nitrogens is 2. The van der Waals surface area contributed by atoms with Crippen molar-refractivity contribution in [2.45, 2.75) is 26.7 Å². The minimum absolute atomic E-state index is 0.117. The summed E-state index contributed by atoms with van der Waals surface area (Å²) in [6.45, 7) is 3.72. The normalized spacial score (nSPS) is 10.8. The third-order valence-electron chi connectivity index (χ3n) is 3.82. The van der Waals surface area contributed by atoms with Gasteiger partial charge in [0.1, 0.15) is 5.76 Å². The second-order valence-electron chi connectivity index (χ2n) is 5.50. The Morgan fingerprint density at radius 3 is 2.88 bits per heavy atom. The molecular formula is C17H17ClN4O2. The molecule has 24 heavy (non-hydrogen) atoms. The van der Waals surface area contributed by atoms with Crippen LogP contribution in [-0.2, 0) is 11.2 Å². The molecule has 0 atom stereocenters. The van der Waals surface area contributed by atoms with Crippen LogP contribution in [0.3, 0.4) is 0 Å². The van der Waals surface area contributed by atoms with Gasteiger partial charge in [0.05, 0.1) is 16.9 Å². The van der Waals surface area contributed by atoms with Gasteiger partial charge in [-0.3, -0.25) is 20.6 Å². The second kappa shape index (κ2) is 6.88. The SMILES string of the molecule is Cc1noc(C)c1CCC(=O)NNc1ccnc2cc(Cl)ccc12. The average Bonchev–Trinajstić information content (AvgIpc) is 2.89. The van der Waals surface area contributed by atoms with E-state index in [0.717, 1.165) is 33.6 Å². The lowest BCUT2D eigenvalue weighted by Crippen LogP contribution is -2.29. The summed E-state index contributed by atoms with van der Waals surface area (Å²) in [6, 6.07) is 7.23. The van der Waals surface area contributed by atoms with E-state index in [1.807, 2.05) is 19.9 Å². The molecule has 124 valence electrons. The van der Waals surface area contributed by atoms with E-state index in [1.165, 1.54) is 0 Å². The van der Waals surface area contributed by atoms with Crippen LogP contribution < -0.4 is 10.9 Å². The van der Waals surface area contributed by atoms with Crippen molar-refractivity contribution in [3.63, 3.8) is 0 Å². The first kappa shape index (κ1) is 16.3. The molecule has 6 nitrogen and oxygen atoms in total. The highest BCUT2D eigenvalue weighted by molar-refractivity contribution is 6.31. The van der Waals surface area contributed by atoms with Gasteiger partial charge >= 0.3 is 0 Å². The zero-order valence-electron chi connectivity index (χ0n) is 13.4. The number of hydrogen-bond acceptors (Lipinski definition) is 5. The van der Waals surface area contributed by atoms with Crippen molar-refractivity contribution in [3.05, 3.63) is 52.5 Å². The lowest BCUT2D eigenvalue weighted by atomic mass is 10.1. The number of carbonyl (C=O) groups is 1. The molecule has 0 radical (unpaired) electrons. The average molecular weight is 345 g/mol. The number of halogens is 1. The molecule has 0 aliphatic rings. The Balaban J connectivity index is 1.62. The van der Waals surface area contributed by atoms with E-state index in [-0.39, 0.29) is 5.91 Å². The molecule has 0 saturated heterocycles. The van der Waals surface area contributed by atoms with Gasteiger partial charge in [-0.25, -0.2) is 0 Å². The van der Waals surface area contributed by atoms with Gasteiger partial charge in [0.2, 0.25) is 5.91 Å². The van der Waals surface area contributed by atoms with E-state index in [2.05, 4.69) is 21.0 Å². The number of nitrogens with zero attached hydrogens (tertiary/aromatic N) is 2. The van der Waals surface area contributed by atoms with Crippen molar-refractivity contribution >= 4 is 34.1 Å². The van der Waals surface area contributed by atoms with Gasteiger partial charge in [0, 0.05) is 28.6 Å². The molecule has 0 spiro atoms. The molecule has 0 fully saturated rings. The molecule has 2 N–H and O–H groups in total. The van der Waals surface area contributed by atoms with Crippen LogP contribution in [0.4, 0.5) is 5.69 Å². The fourth-order valence-electron chi connectivity index (χ4n) is 2.53. The van der Waals surface area contributed by atoms with Crippen LogP contribution in [0, 0.1) is 13.8 Å². The predicted octanol–water partition coefficient (Wildman–Crippen LogP) is 3.57. The minimum atomic E-state index is -0.117. The van der Waals surface area contributed by atoms with Gasteiger partial charge in [-0.2, -0.15) is 0 Å². The number of amides is 1. The molecule has 0 aliphatic heterocycles. The molecule has 7 heteroatoms. The molecule has 0 unspecified atom stereocenters. The highest BCUT2D eigenvalue weighted by atomic mass is 35.5. The summed E-state index contributed by atoms with van der Waals surface area (Å²) < 4.78 is 5.10. The molecule has 3 rings (SSSR count). The number of aryl methyl sites for hydroxylation is 2. The highest BCUT2D eigenvalue weighted by Gasteiger charge is 2.11. The smallest absolute Gasteiger partial charge is 0.238 e. The van der Waals surface area contributed by atoms with Crippen LogP contribution in [0.5, 0.6) is 0 Å². The van der Waals surface area contributed by atoms with Gasteiger partial charge in [0.25, 0.3) is 0 Å². The Hall–Kier alpha value is -2.60. The van der Waals surface area contributed by atoms with Crippen LogP contribution in [0.1, 0.15) is 23.4 Å². The first-order valence-electron chi connectivity index (χ1n) is 7.55. The van der Waals surface area contributed by atoms with Crippen molar-refractivity contribution in [2.75, 3.05) is 5.43 Å². The lowest BCUT2D eigenvalue weighted by molar-refractivity contribution is -0.120. The van der Waals surface area contributed by atoms with E-state index < -0.39 is 0 Å². The molecule has 2 heterocycles. The third-order valence-corrected chi connectivity index (χ3v) is 4.06. The second-order valence-corrected chi connectivity index (χ2v) is 5.93. The number of hydrogen-bond donors (Lipinski definition) is 2. The zero-order valence-corrected chi connectivity index (χ0v) is 14.1. The van der Waals surface area contributed by atoms with E-state index in [9.17, 15) is 4.79 Å². The Morgan fingerprint density at radius 1 is 1.29 bits per heavy atom. The fourth-order valence-corrected chi connectivity index (χ4v) is 2.69. The number of hydrazine groups is 1. The fraction of sp³-hybridized carbons (Fsp3) is 0.235. The molecular weight excluding hydrogens is 328 g/mol. The molecule has 0 aliphatic carbocycles. The van der Waals surface area contributed by atoms with Crippen LogP contribution in [0.15, 0.2) is 35.0 Å². The monoisotopic (exact) mass is 344 g/mol. The minimum Gasteiger partial charge on any atom is -0.361 e. The maximum absolute atomic E-state index is 12.1. The predicted molar refractivity (Wildman–Crippen MR) is 92.8 cm³/mol. The Kier molecular flexibility index (Phi) is 4.66. The first-order valence-corrected chi connectivity index (χ1v) is 7.93. The van der Waals surface area contributed by atoms with Crippen LogP contribution in [0.25, 0.3) is 10.9 Å². The van der Waals surface area contributed by atoms with Crippen molar-refractivity contribution < 1.29 is 9.32 Å². The number of rotatable bonds is 5. The Bertz CT molecular complexity index is 872. The van der Waals surface area contributed by atoms with E-state index in [1.54, 1.807) is 24.4 Å². The maximum Gasteiger partial charge on any atom is 0.238 e. The standard InChI is InChI=1S/C17H17ClN4O2/c1-10-13(11(2)24-22-10)5-6-17(23)21-20-15-7-8-19-16-9-12(18)3-4-14(15)16/h3-4,7-9H,5-6H2,1-2H3,(H,19,20)(H,21,23). The molecule has 1 amide bonds. The van der Waals surface area contributed by atoms with Gasteiger partial charge in [0.15, 0.2) is 0 Å². The van der Waals surface area contributed by atoms with Crippen molar-refractivity contribution in [1.29, 1.82) is 0 Å².